The molecule has 0 fully saturated rings. The minimum Gasteiger partial charge on any atom is -0.325 e. The van der Waals surface area contributed by atoms with Crippen LogP contribution in [-0.2, 0) is 11.0 Å². The molecule has 1 N–H and O–H groups in total. The number of alkyl halides is 3. The van der Waals surface area contributed by atoms with Gasteiger partial charge in [0.2, 0.25) is 5.91 Å². The SMILES string of the molecule is Cc1cccc(-n2c(SCC(=O)Nc3ccccc3C(F)(F)F)nnc2-c2ccc(Cl)cc2)c1. The molecular weight excluding hydrogens is 485 g/mol. The quantitative estimate of drug-likeness (QED) is 0.300. The molecule has 1 amide bonds. The van der Waals surface area contributed by atoms with Gasteiger partial charge in [0.25, 0.3) is 0 Å². The fraction of sp³-hybridized carbons (Fsp3) is 0.125. The number of hydrogen-bond donors (Lipinski definition) is 1. The highest BCUT2D eigenvalue weighted by molar-refractivity contribution is 7.99. The lowest BCUT2D eigenvalue weighted by atomic mass is 10.1. The van der Waals surface area contributed by atoms with Crippen LogP contribution in [0.2, 0.25) is 5.02 Å². The van der Waals surface area contributed by atoms with Gasteiger partial charge in [0, 0.05) is 16.3 Å². The van der Waals surface area contributed by atoms with Crippen LogP contribution < -0.4 is 5.32 Å². The van der Waals surface area contributed by atoms with Crippen LogP contribution >= 0.6 is 23.4 Å². The number of nitrogens with one attached hydrogen (secondary N) is 1. The summed E-state index contributed by atoms with van der Waals surface area (Å²) >= 11 is 7.09. The van der Waals surface area contributed by atoms with E-state index in [0.717, 1.165) is 34.6 Å². The summed E-state index contributed by atoms with van der Waals surface area (Å²) in [5, 5.41) is 11.9. The van der Waals surface area contributed by atoms with Gasteiger partial charge >= 0.3 is 6.18 Å². The molecule has 0 aliphatic rings. The molecule has 0 radical (unpaired) electrons. The van der Waals surface area contributed by atoms with Gasteiger partial charge < -0.3 is 5.32 Å². The second kappa shape index (κ2) is 9.90. The topological polar surface area (TPSA) is 59.8 Å². The van der Waals surface area contributed by atoms with E-state index in [0.29, 0.717) is 16.0 Å². The van der Waals surface area contributed by atoms with Crippen molar-refractivity contribution in [1.82, 2.24) is 14.8 Å². The average molecular weight is 503 g/mol. The standard InChI is InChI=1S/C24H18ClF3N4OS/c1-15-5-4-6-18(13-15)32-22(16-9-11-17(25)12-10-16)30-31-23(32)34-14-21(33)29-20-8-3-2-7-19(20)24(26,27)28/h2-13H,14H2,1H3,(H,29,33). The van der Waals surface area contributed by atoms with Crippen LogP contribution in [-0.4, -0.2) is 26.4 Å². The molecule has 0 saturated heterocycles. The van der Waals surface area contributed by atoms with Crippen molar-refractivity contribution in [1.29, 1.82) is 0 Å². The Bertz CT molecular complexity index is 1320. The zero-order valence-corrected chi connectivity index (χ0v) is 19.4. The Labute approximate surface area is 203 Å². The van der Waals surface area contributed by atoms with Gasteiger partial charge in [-0.2, -0.15) is 13.2 Å². The van der Waals surface area contributed by atoms with Crippen molar-refractivity contribution in [2.24, 2.45) is 0 Å². The molecule has 0 saturated carbocycles. The number of rotatable bonds is 6. The van der Waals surface area contributed by atoms with Crippen LogP contribution in [0.25, 0.3) is 17.1 Å². The Kier molecular flexibility index (Phi) is 6.95. The van der Waals surface area contributed by atoms with Gasteiger partial charge in [0.05, 0.1) is 17.0 Å². The molecule has 5 nitrogen and oxygen atoms in total. The molecule has 34 heavy (non-hydrogen) atoms. The molecule has 0 atom stereocenters. The van der Waals surface area contributed by atoms with E-state index < -0.39 is 17.6 Å². The fourth-order valence-corrected chi connectivity index (χ4v) is 4.18. The zero-order chi connectivity index (χ0) is 24.3. The van der Waals surface area contributed by atoms with Gasteiger partial charge in [-0.3, -0.25) is 9.36 Å². The second-order valence-corrected chi connectivity index (χ2v) is 8.75. The molecule has 0 spiro atoms. The molecule has 10 heteroatoms. The number of anilines is 1. The Morgan fingerprint density at radius 1 is 1.03 bits per heavy atom. The van der Waals surface area contributed by atoms with Crippen LogP contribution in [0.1, 0.15) is 11.1 Å². The van der Waals surface area contributed by atoms with Crippen molar-refractivity contribution < 1.29 is 18.0 Å². The predicted octanol–water partition coefficient (Wildman–Crippen LogP) is 6.65. The number of thioether (sulfide) groups is 1. The molecule has 4 aromatic rings. The fourth-order valence-electron chi connectivity index (χ4n) is 3.30. The van der Waals surface area contributed by atoms with Crippen LogP contribution in [0, 0.1) is 6.92 Å². The third kappa shape index (κ3) is 5.43. The Balaban J connectivity index is 1.60. The molecular formula is C24H18ClF3N4OS. The number of carbonyl (C=O) groups is 1. The lowest BCUT2D eigenvalue weighted by Crippen LogP contribution is -2.18. The molecule has 0 unspecified atom stereocenters. The van der Waals surface area contributed by atoms with Gasteiger partial charge in [-0.1, -0.05) is 47.6 Å². The van der Waals surface area contributed by atoms with Crippen LogP contribution in [0.15, 0.2) is 78.0 Å². The van der Waals surface area contributed by atoms with E-state index in [1.165, 1.54) is 18.2 Å². The molecule has 1 heterocycles. The third-order valence-corrected chi connectivity index (χ3v) is 6.02. The third-order valence-electron chi connectivity index (χ3n) is 4.83. The van der Waals surface area contributed by atoms with Gasteiger partial charge in [0.1, 0.15) is 0 Å². The molecule has 0 aliphatic carbocycles. The Morgan fingerprint density at radius 2 is 1.76 bits per heavy atom. The summed E-state index contributed by atoms with van der Waals surface area (Å²) in [6.45, 7) is 1.95. The summed E-state index contributed by atoms with van der Waals surface area (Å²) in [4.78, 5) is 12.5. The first-order chi connectivity index (χ1) is 16.2. The number of aromatic nitrogens is 3. The maximum atomic E-state index is 13.2. The average Bonchev–Trinajstić information content (AvgIpc) is 3.22. The molecule has 0 aliphatic heterocycles. The van der Waals surface area contributed by atoms with Crippen molar-refractivity contribution in [3.05, 3.63) is 88.9 Å². The second-order valence-electron chi connectivity index (χ2n) is 7.37. The maximum Gasteiger partial charge on any atom is 0.418 e. The highest BCUT2D eigenvalue weighted by Gasteiger charge is 2.33. The molecule has 3 aromatic carbocycles. The van der Waals surface area contributed by atoms with Crippen molar-refractivity contribution in [2.75, 3.05) is 11.1 Å². The van der Waals surface area contributed by atoms with Gasteiger partial charge in [0.15, 0.2) is 11.0 Å². The van der Waals surface area contributed by atoms with Crippen LogP contribution in [0.3, 0.4) is 0 Å². The summed E-state index contributed by atoms with van der Waals surface area (Å²) in [6, 6.07) is 19.7. The van der Waals surface area contributed by atoms with E-state index in [4.69, 9.17) is 11.6 Å². The van der Waals surface area contributed by atoms with Crippen molar-refractivity contribution in [3.8, 4) is 17.1 Å². The number of aryl methyl sites for hydroxylation is 1. The van der Waals surface area contributed by atoms with Gasteiger partial charge in [-0.05, 0) is 61.0 Å². The van der Waals surface area contributed by atoms with Gasteiger partial charge in [-0.15, -0.1) is 10.2 Å². The number of carbonyl (C=O) groups excluding carboxylic acids is 1. The first kappa shape index (κ1) is 23.8. The van der Waals surface area contributed by atoms with Crippen molar-refractivity contribution >= 4 is 35.0 Å². The molecule has 174 valence electrons. The summed E-state index contributed by atoms with van der Waals surface area (Å²) in [5.41, 5.74) is 1.39. The number of nitrogens with zero attached hydrogens (tertiary/aromatic N) is 3. The molecule has 0 bridgehead atoms. The van der Waals surface area contributed by atoms with E-state index in [1.54, 1.807) is 16.7 Å². The molecule has 1 aromatic heterocycles. The smallest absolute Gasteiger partial charge is 0.325 e. The van der Waals surface area contributed by atoms with E-state index in [-0.39, 0.29) is 11.4 Å². The maximum absolute atomic E-state index is 13.2. The van der Waals surface area contributed by atoms with Gasteiger partial charge in [-0.25, -0.2) is 0 Å². The monoisotopic (exact) mass is 502 g/mol. The highest BCUT2D eigenvalue weighted by atomic mass is 35.5. The number of hydrogen-bond acceptors (Lipinski definition) is 4. The lowest BCUT2D eigenvalue weighted by molar-refractivity contribution is -0.137. The lowest BCUT2D eigenvalue weighted by Gasteiger charge is -2.14. The number of halogens is 4. The minimum atomic E-state index is -4.57. The minimum absolute atomic E-state index is 0.156. The van der Waals surface area contributed by atoms with Crippen molar-refractivity contribution in [3.63, 3.8) is 0 Å². The summed E-state index contributed by atoms with van der Waals surface area (Å²) in [7, 11) is 0. The predicted molar refractivity (Wildman–Crippen MR) is 127 cm³/mol. The van der Waals surface area contributed by atoms with E-state index in [2.05, 4.69) is 15.5 Å². The first-order valence-corrected chi connectivity index (χ1v) is 11.5. The van der Waals surface area contributed by atoms with E-state index in [9.17, 15) is 18.0 Å². The Hall–Kier alpha value is -3.30. The zero-order valence-electron chi connectivity index (χ0n) is 17.8. The summed E-state index contributed by atoms with van der Waals surface area (Å²) in [6.07, 6.45) is -4.57. The van der Waals surface area contributed by atoms with Crippen LogP contribution in [0.5, 0.6) is 0 Å². The first-order valence-electron chi connectivity index (χ1n) is 10.1. The number of para-hydroxylation sites is 1. The van der Waals surface area contributed by atoms with Crippen molar-refractivity contribution in [2.45, 2.75) is 18.3 Å². The summed E-state index contributed by atoms with van der Waals surface area (Å²) < 4.78 is 41.5. The van der Waals surface area contributed by atoms with E-state index in [1.807, 2.05) is 43.3 Å². The Morgan fingerprint density at radius 3 is 2.47 bits per heavy atom. The number of amides is 1. The normalized spacial score (nSPS) is 11.4. The van der Waals surface area contributed by atoms with Crippen LogP contribution in [0.4, 0.5) is 18.9 Å². The summed E-state index contributed by atoms with van der Waals surface area (Å²) in [5.74, 6) is -0.197. The number of benzene rings is 3. The van der Waals surface area contributed by atoms with E-state index >= 15 is 0 Å². The highest BCUT2D eigenvalue weighted by Crippen LogP contribution is 2.35. The largest absolute Gasteiger partial charge is 0.418 e. The molecule has 4 rings (SSSR count).